The number of H-pyrrole nitrogens is 1. The van der Waals surface area contributed by atoms with Gasteiger partial charge in [-0.3, -0.25) is 4.79 Å². The molecule has 9 heteroatoms. The summed E-state index contributed by atoms with van der Waals surface area (Å²) in [5.74, 6) is 2.85. The van der Waals surface area contributed by atoms with Crippen LogP contribution in [0, 0.1) is 19.8 Å². The number of fused-ring (bicyclic) bond motifs is 2. The van der Waals surface area contributed by atoms with E-state index in [-0.39, 0.29) is 5.91 Å². The molecule has 1 fully saturated rings. The number of rotatable bonds is 4. The highest BCUT2D eigenvalue weighted by Gasteiger charge is 2.28. The zero-order valence-electron chi connectivity index (χ0n) is 15.7. The first kappa shape index (κ1) is 16.7. The van der Waals surface area contributed by atoms with Gasteiger partial charge in [-0.2, -0.15) is 4.52 Å². The Kier molecular flexibility index (Phi) is 3.75. The minimum atomic E-state index is -0.0627. The third kappa shape index (κ3) is 2.84. The molecule has 1 saturated heterocycles. The number of imidazole rings is 1. The number of hydrogen-bond acceptors (Lipinski definition) is 6. The third-order valence-electron chi connectivity index (χ3n) is 5.10. The van der Waals surface area contributed by atoms with Gasteiger partial charge in [-0.1, -0.05) is 0 Å². The maximum absolute atomic E-state index is 12.5. The van der Waals surface area contributed by atoms with Crippen molar-refractivity contribution in [2.24, 2.45) is 5.92 Å². The number of carbonyl (C=O) groups is 1. The van der Waals surface area contributed by atoms with E-state index in [1.54, 1.807) is 4.52 Å². The van der Waals surface area contributed by atoms with Crippen LogP contribution in [0.15, 0.2) is 30.3 Å². The molecule has 0 spiro atoms. The average molecular weight is 376 g/mol. The van der Waals surface area contributed by atoms with Gasteiger partial charge in [0, 0.05) is 31.1 Å². The molecule has 0 saturated carbocycles. The fraction of sp³-hybridized carbons (Fsp3) is 0.316. The molecular weight excluding hydrogens is 356 g/mol. The molecule has 1 amide bonds. The number of amides is 1. The van der Waals surface area contributed by atoms with E-state index in [9.17, 15) is 4.79 Å². The highest BCUT2D eigenvalue weighted by Crippen LogP contribution is 2.22. The summed E-state index contributed by atoms with van der Waals surface area (Å²) in [7, 11) is 0. The SMILES string of the molecule is Cc1nc2ccc(C(=O)NCC3CN(c4ccc5nnc(C)n5n4)C3)cc2[nH]1. The van der Waals surface area contributed by atoms with Gasteiger partial charge in [0.05, 0.1) is 11.0 Å². The van der Waals surface area contributed by atoms with Crippen LogP contribution in [0.1, 0.15) is 22.0 Å². The first-order valence-electron chi connectivity index (χ1n) is 9.25. The Bertz CT molecular complexity index is 1190. The molecule has 5 rings (SSSR count). The third-order valence-corrected chi connectivity index (χ3v) is 5.10. The number of aryl methyl sites for hydroxylation is 2. The summed E-state index contributed by atoms with van der Waals surface area (Å²) in [5.41, 5.74) is 3.14. The fourth-order valence-corrected chi connectivity index (χ4v) is 3.56. The highest BCUT2D eigenvalue weighted by molar-refractivity contribution is 5.97. The number of carbonyl (C=O) groups excluding carboxylic acids is 1. The van der Waals surface area contributed by atoms with Crippen molar-refractivity contribution < 1.29 is 4.79 Å². The summed E-state index contributed by atoms with van der Waals surface area (Å²) in [5, 5.41) is 15.7. The van der Waals surface area contributed by atoms with Crippen LogP contribution in [0.4, 0.5) is 5.82 Å². The zero-order valence-corrected chi connectivity index (χ0v) is 15.7. The van der Waals surface area contributed by atoms with Crippen molar-refractivity contribution in [1.82, 2.24) is 35.1 Å². The van der Waals surface area contributed by atoms with Crippen LogP contribution in [0.25, 0.3) is 16.7 Å². The molecule has 0 atom stereocenters. The summed E-state index contributed by atoms with van der Waals surface area (Å²) in [4.78, 5) is 22.2. The minimum Gasteiger partial charge on any atom is -0.354 e. The lowest BCUT2D eigenvalue weighted by atomic mass is 10.00. The molecule has 0 radical (unpaired) electrons. The van der Waals surface area contributed by atoms with Crippen LogP contribution in [-0.2, 0) is 0 Å². The lowest BCUT2D eigenvalue weighted by Gasteiger charge is -2.40. The van der Waals surface area contributed by atoms with E-state index < -0.39 is 0 Å². The van der Waals surface area contributed by atoms with E-state index in [0.717, 1.165) is 47.2 Å². The molecule has 0 unspecified atom stereocenters. The Balaban J connectivity index is 1.18. The van der Waals surface area contributed by atoms with Crippen LogP contribution in [0.3, 0.4) is 0 Å². The lowest BCUT2D eigenvalue weighted by molar-refractivity contribution is 0.0944. The van der Waals surface area contributed by atoms with E-state index >= 15 is 0 Å². The molecule has 9 nitrogen and oxygen atoms in total. The van der Waals surface area contributed by atoms with Crippen molar-refractivity contribution in [2.45, 2.75) is 13.8 Å². The number of nitrogens with one attached hydrogen (secondary N) is 2. The van der Waals surface area contributed by atoms with E-state index in [1.165, 1.54) is 0 Å². The highest BCUT2D eigenvalue weighted by atomic mass is 16.1. The molecule has 28 heavy (non-hydrogen) atoms. The number of aromatic nitrogens is 6. The van der Waals surface area contributed by atoms with E-state index in [0.29, 0.717) is 18.0 Å². The molecule has 3 aromatic heterocycles. The summed E-state index contributed by atoms with van der Waals surface area (Å²) in [6.07, 6.45) is 0. The van der Waals surface area contributed by atoms with Crippen LogP contribution >= 0.6 is 0 Å². The van der Waals surface area contributed by atoms with Crippen molar-refractivity contribution >= 4 is 28.4 Å². The molecular formula is C19H20N8O. The average Bonchev–Trinajstić information content (AvgIpc) is 3.21. The lowest BCUT2D eigenvalue weighted by Crippen LogP contribution is -2.52. The minimum absolute atomic E-state index is 0.0627. The first-order valence-corrected chi connectivity index (χ1v) is 9.25. The molecule has 1 aliphatic heterocycles. The maximum atomic E-state index is 12.5. The second-order valence-corrected chi connectivity index (χ2v) is 7.24. The Morgan fingerprint density at radius 2 is 2.07 bits per heavy atom. The Morgan fingerprint density at radius 1 is 1.21 bits per heavy atom. The van der Waals surface area contributed by atoms with Gasteiger partial charge in [0.2, 0.25) is 0 Å². The standard InChI is InChI=1S/C19H20N8O/c1-11-21-15-4-3-14(7-16(15)22-11)19(28)20-8-13-9-26(10-13)18-6-5-17-24-23-12(2)27(17)25-18/h3-7,13H,8-10H2,1-2H3,(H,20,28)(H,21,22). The largest absolute Gasteiger partial charge is 0.354 e. The Hall–Kier alpha value is -3.49. The molecule has 0 bridgehead atoms. The van der Waals surface area contributed by atoms with E-state index in [1.807, 2.05) is 44.2 Å². The van der Waals surface area contributed by atoms with Gasteiger partial charge in [-0.25, -0.2) is 4.98 Å². The topological polar surface area (TPSA) is 104 Å². The van der Waals surface area contributed by atoms with Crippen LogP contribution < -0.4 is 10.2 Å². The smallest absolute Gasteiger partial charge is 0.251 e. The van der Waals surface area contributed by atoms with Crippen LogP contribution in [0.2, 0.25) is 0 Å². The molecule has 1 aromatic carbocycles. The number of anilines is 1. The molecule has 1 aliphatic rings. The Morgan fingerprint density at radius 3 is 2.93 bits per heavy atom. The number of nitrogens with zero attached hydrogens (tertiary/aromatic N) is 6. The number of hydrogen-bond donors (Lipinski definition) is 2. The number of benzene rings is 1. The molecule has 4 aromatic rings. The second kappa shape index (κ2) is 6.29. The normalized spacial score (nSPS) is 14.6. The van der Waals surface area contributed by atoms with Crippen LogP contribution in [0.5, 0.6) is 0 Å². The van der Waals surface area contributed by atoms with E-state index in [4.69, 9.17) is 0 Å². The fourth-order valence-electron chi connectivity index (χ4n) is 3.56. The van der Waals surface area contributed by atoms with Gasteiger partial charge in [0.25, 0.3) is 5.91 Å². The quantitative estimate of drug-likeness (QED) is 0.559. The molecule has 142 valence electrons. The van der Waals surface area contributed by atoms with Crippen molar-refractivity contribution in [3.63, 3.8) is 0 Å². The summed E-state index contributed by atoms with van der Waals surface area (Å²) >= 11 is 0. The Labute approximate surface area is 160 Å². The van der Waals surface area contributed by atoms with Gasteiger partial charge >= 0.3 is 0 Å². The molecule has 2 N–H and O–H groups in total. The number of aromatic amines is 1. The van der Waals surface area contributed by atoms with E-state index in [2.05, 4.69) is 35.5 Å². The van der Waals surface area contributed by atoms with Crippen molar-refractivity contribution in [1.29, 1.82) is 0 Å². The summed E-state index contributed by atoms with van der Waals surface area (Å²) in [6, 6.07) is 9.40. The van der Waals surface area contributed by atoms with Crippen molar-refractivity contribution in [3.8, 4) is 0 Å². The predicted octanol–water partition coefficient (Wildman–Crippen LogP) is 1.48. The van der Waals surface area contributed by atoms with Gasteiger partial charge in [-0.15, -0.1) is 15.3 Å². The maximum Gasteiger partial charge on any atom is 0.251 e. The monoisotopic (exact) mass is 376 g/mol. The van der Waals surface area contributed by atoms with Gasteiger partial charge in [-0.05, 0) is 44.2 Å². The first-order chi connectivity index (χ1) is 13.6. The molecule has 4 heterocycles. The predicted molar refractivity (Wildman–Crippen MR) is 104 cm³/mol. The van der Waals surface area contributed by atoms with Crippen molar-refractivity contribution in [2.75, 3.05) is 24.5 Å². The van der Waals surface area contributed by atoms with Crippen LogP contribution in [-0.4, -0.2) is 55.3 Å². The summed E-state index contributed by atoms with van der Waals surface area (Å²) < 4.78 is 1.75. The summed E-state index contributed by atoms with van der Waals surface area (Å²) in [6.45, 7) is 6.15. The molecule has 0 aliphatic carbocycles. The van der Waals surface area contributed by atoms with Crippen molar-refractivity contribution in [3.05, 3.63) is 47.5 Å². The zero-order chi connectivity index (χ0) is 19.3. The van der Waals surface area contributed by atoms with Gasteiger partial charge in [0.1, 0.15) is 11.6 Å². The van der Waals surface area contributed by atoms with Gasteiger partial charge in [0.15, 0.2) is 11.5 Å². The second-order valence-electron chi connectivity index (χ2n) is 7.24. The van der Waals surface area contributed by atoms with Gasteiger partial charge < -0.3 is 15.2 Å².